The predicted molar refractivity (Wildman–Crippen MR) is 134 cm³/mol. The van der Waals surface area contributed by atoms with Crippen molar-refractivity contribution in [2.24, 2.45) is 23.3 Å². The molecule has 0 spiro atoms. The molecule has 2 rings (SSSR count). The zero-order valence-corrected chi connectivity index (χ0v) is 22.0. The molecule has 0 aromatic carbocycles. The average Bonchev–Trinajstić information content (AvgIpc) is 3.23. The number of H-pyrrole nitrogens is 1. The van der Waals surface area contributed by atoms with E-state index in [-0.39, 0.29) is 30.4 Å². The van der Waals surface area contributed by atoms with E-state index in [9.17, 15) is 19.2 Å². The van der Waals surface area contributed by atoms with Gasteiger partial charge in [0.1, 0.15) is 37.1 Å². The first kappa shape index (κ1) is 29.0. The molecule has 5 N–H and O–H groups in total. The minimum Gasteiger partial charge on any atom is -0.462 e. The molecule has 0 amide bonds. The summed E-state index contributed by atoms with van der Waals surface area (Å²) in [4.78, 5) is 53.3. The molecule has 1 unspecified atom stereocenters. The Morgan fingerprint density at radius 2 is 1.80 bits per heavy atom. The van der Waals surface area contributed by atoms with E-state index in [1.807, 2.05) is 27.7 Å². The van der Waals surface area contributed by atoms with E-state index in [2.05, 4.69) is 20.9 Å². The van der Waals surface area contributed by atoms with E-state index in [1.54, 1.807) is 0 Å². The summed E-state index contributed by atoms with van der Waals surface area (Å²) in [7, 11) is 0. The molecule has 1 fully saturated rings. The number of aromatic nitrogens is 2. The van der Waals surface area contributed by atoms with Crippen LogP contribution in [0.15, 0.2) is 20.8 Å². The van der Waals surface area contributed by atoms with Crippen LogP contribution in [0, 0.1) is 11.8 Å². The third-order valence-corrected chi connectivity index (χ3v) is 6.71. The van der Waals surface area contributed by atoms with Gasteiger partial charge >= 0.3 is 17.6 Å². The van der Waals surface area contributed by atoms with Crippen molar-refractivity contribution in [1.29, 1.82) is 0 Å². The molecule has 12 heteroatoms. The van der Waals surface area contributed by atoms with Gasteiger partial charge in [0, 0.05) is 12.6 Å². The van der Waals surface area contributed by atoms with Crippen molar-refractivity contribution < 1.29 is 23.8 Å². The van der Waals surface area contributed by atoms with E-state index < -0.39 is 53.7 Å². The fraction of sp³-hybridized carbons (Fsp3) is 0.652. The number of carbonyl (C=O) groups excluding carboxylic acids is 2. The fourth-order valence-electron chi connectivity index (χ4n) is 3.51. The number of nitrogens with two attached hydrogens (primary N) is 2. The highest BCUT2D eigenvalue weighted by molar-refractivity contribution is 9.11. The van der Waals surface area contributed by atoms with Crippen LogP contribution in [0.4, 0.5) is 0 Å². The smallest absolute Gasteiger partial charge is 0.330 e. The van der Waals surface area contributed by atoms with Crippen molar-refractivity contribution in [3.05, 3.63) is 37.6 Å². The van der Waals surface area contributed by atoms with Gasteiger partial charge in [-0.25, -0.2) is 4.79 Å². The molecule has 1 aliphatic heterocycles. The number of hydrogen-bond acceptors (Lipinski definition) is 9. The molecule has 0 bridgehead atoms. The molecule has 35 heavy (non-hydrogen) atoms. The summed E-state index contributed by atoms with van der Waals surface area (Å²) in [6, 6.07) is -1.65. The fourth-order valence-corrected chi connectivity index (χ4v) is 3.79. The summed E-state index contributed by atoms with van der Waals surface area (Å²) in [5.41, 5.74) is 10.9. The van der Waals surface area contributed by atoms with Gasteiger partial charge < -0.3 is 25.7 Å². The van der Waals surface area contributed by atoms with Gasteiger partial charge in [0.2, 0.25) is 0 Å². The number of carbonyl (C=O) groups is 2. The van der Waals surface area contributed by atoms with Crippen LogP contribution in [0.2, 0.25) is 0 Å². The number of hydrogen-bond donors (Lipinski definition) is 3. The second-order valence-electron chi connectivity index (χ2n) is 8.84. The number of nitrogens with zero attached hydrogens (tertiary/aromatic N) is 1. The summed E-state index contributed by atoms with van der Waals surface area (Å²) in [6.07, 6.45) is 1.70. The largest absolute Gasteiger partial charge is 0.462 e. The van der Waals surface area contributed by atoms with Gasteiger partial charge in [-0.05, 0) is 22.9 Å². The second kappa shape index (κ2) is 13.1. The van der Waals surface area contributed by atoms with Crippen LogP contribution in [-0.2, 0) is 23.8 Å². The molecule has 1 saturated heterocycles. The maximum atomic E-state index is 12.7. The SMILES string of the molecule is CC[C@H](C)[C@H](N)C(=O)OC[C@@H]1O[C@H](n2cc(/C=C/Br)c(=O)[nH]c2=O)CC1OC(=O)[C@@H](N)[C@@H](C)CC. The van der Waals surface area contributed by atoms with Crippen LogP contribution in [0.3, 0.4) is 0 Å². The summed E-state index contributed by atoms with van der Waals surface area (Å²) in [6.45, 7) is 7.28. The number of nitrogens with one attached hydrogen (secondary N) is 1. The van der Waals surface area contributed by atoms with Crippen LogP contribution in [0.5, 0.6) is 0 Å². The number of halogens is 1. The Hall–Kier alpha value is -2.28. The van der Waals surface area contributed by atoms with Gasteiger partial charge in [-0.15, -0.1) is 0 Å². The lowest BCUT2D eigenvalue weighted by Crippen LogP contribution is -2.43. The van der Waals surface area contributed by atoms with Gasteiger partial charge in [-0.2, -0.15) is 0 Å². The van der Waals surface area contributed by atoms with Crippen molar-refractivity contribution in [3.8, 4) is 0 Å². The lowest BCUT2D eigenvalue weighted by atomic mass is 10.0. The Morgan fingerprint density at radius 1 is 1.20 bits per heavy atom. The summed E-state index contributed by atoms with van der Waals surface area (Å²) in [5.74, 6) is -1.40. The van der Waals surface area contributed by atoms with Crippen LogP contribution in [0.1, 0.15) is 58.7 Å². The highest BCUT2D eigenvalue weighted by Gasteiger charge is 2.41. The third-order valence-electron chi connectivity index (χ3n) is 6.44. The molecular formula is C23H35BrN4O7. The molecule has 1 aliphatic rings. The molecule has 0 saturated carbocycles. The minimum absolute atomic E-state index is 0.0810. The van der Waals surface area contributed by atoms with E-state index >= 15 is 0 Å². The number of ether oxygens (including phenoxy) is 3. The molecule has 1 aromatic heterocycles. The topological polar surface area (TPSA) is 169 Å². The Balaban J connectivity index is 2.27. The third kappa shape index (κ3) is 7.35. The van der Waals surface area contributed by atoms with Crippen LogP contribution in [-0.4, -0.2) is 52.4 Å². The van der Waals surface area contributed by atoms with Crippen LogP contribution < -0.4 is 22.7 Å². The maximum absolute atomic E-state index is 12.7. The van der Waals surface area contributed by atoms with Gasteiger partial charge in [0.25, 0.3) is 5.56 Å². The monoisotopic (exact) mass is 558 g/mol. The number of esters is 2. The average molecular weight is 559 g/mol. The molecule has 1 aromatic rings. The maximum Gasteiger partial charge on any atom is 0.330 e. The lowest BCUT2D eigenvalue weighted by molar-refractivity contribution is -0.161. The van der Waals surface area contributed by atoms with Crippen LogP contribution in [0.25, 0.3) is 6.08 Å². The Labute approximate surface area is 212 Å². The molecule has 196 valence electrons. The summed E-state index contributed by atoms with van der Waals surface area (Å²) >= 11 is 3.11. The zero-order chi connectivity index (χ0) is 26.3. The van der Waals surface area contributed by atoms with Crippen molar-refractivity contribution in [3.63, 3.8) is 0 Å². The van der Waals surface area contributed by atoms with E-state index in [0.29, 0.717) is 12.8 Å². The molecule has 2 heterocycles. The zero-order valence-electron chi connectivity index (χ0n) is 20.4. The first-order valence-electron chi connectivity index (χ1n) is 11.7. The van der Waals surface area contributed by atoms with Crippen molar-refractivity contribution >= 4 is 33.9 Å². The van der Waals surface area contributed by atoms with E-state index in [4.69, 9.17) is 25.7 Å². The molecule has 7 atom stereocenters. The van der Waals surface area contributed by atoms with Crippen molar-refractivity contribution in [2.45, 2.75) is 77.5 Å². The van der Waals surface area contributed by atoms with E-state index in [1.165, 1.54) is 21.8 Å². The first-order chi connectivity index (χ1) is 16.5. The normalized spacial score (nSPS) is 23.6. The number of aromatic amines is 1. The minimum atomic E-state index is -0.883. The van der Waals surface area contributed by atoms with Gasteiger partial charge in [0.05, 0.1) is 5.56 Å². The Morgan fingerprint density at radius 3 is 2.37 bits per heavy atom. The van der Waals surface area contributed by atoms with Gasteiger partial charge in [-0.3, -0.25) is 23.9 Å². The second-order valence-corrected chi connectivity index (χ2v) is 9.37. The lowest BCUT2D eigenvalue weighted by Gasteiger charge is -2.23. The number of rotatable bonds is 11. The molecule has 11 nitrogen and oxygen atoms in total. The van der Waals surface area contributed by atoms with Gasteiger partial charge in [-0.1, -0.05) is 56.5 Å². The standard InChI is InChI=1S/C23H35BrN4O7/c1-5-12(3)18(25)21(30)33-11-16-15(35-22(31)19(26)13(4)6-2)9-17(34-16)28-10-14(7-8-24)20(29)27-23(28)32/h7-8,10,12-13,15-19H,5-6,9,11,25-26H2,1-4H3,(H,27,29,32)/b8-7+/t12-,13-,15?,16-,17-,18-,19-/m0/s1. The Kier molecular flexibility index (Phi) is 10.9. The highest BCUT2D eigenvalue weighted by Crippen LogP contribution is 2.31. The first-order valence-corrected chi connectivity index (χ1v) is 12.6. The highest BCUT2D eigenvalue weighted by atomic mass is 79.9. The van der Waals surface area contributed by atoms with Gasteiger partial charge in [0.15, 0.2) is 0 Å². The van der Waals surface area contributed by atoms with Crippen molar-refractivity contribution in [1.82, 2.24) is 9.55 Å². The molecule has 0 aliphatic carbocycles. The molecular weight excluding hydrogens is 524 g/mol. The Bertz CT molecular complexity index is 1020. The van der Waals surface area contributed by atoms with E-state index in [0.717, 1.165) is 0 Å². The van der Waals surface area contributed by atoms with Crippen molar-refractivity contribution in [2.75, 3.05) is 6.61 Å². The summed E-state index contributed by atoms with van der Waals surface area (Å²) < 4.78 is 18.2. The predicted octanol–water partition coefficient (Wildman–Crippen LogP) is 1.39. The van der Waals surface area contributed by atoms with Crippen LogP contribution >= 0.6 is 15.9 Å². The molecule has 0 radical (unpaired) electrons. The summed E-state index contributed by atoms with van der Waals surface area (Å²) in [5, 5.41) is 0. The quantitative estimate of drug-likeness (QED) is 0.339.